The molecule has 0 aliphatic rings. The van der Waals surface area contributed by atoms with Crippen LogP contribution in [0.3, 0.4) is 0 Å². The van der Waals surface area contributed by atoms with Crippen molar-refractivity contribution in [1.29, 1.82) is 0 Å². The molecule has 3 aromatic rings. The number of alkyl halides is 6. The fourth-order valence-corrected chi connectivity index (χ4v) is 2.70. The van der Waals surface area contributed by atoms with Gasteiger partial charge in [0.05, 0.1) is 26.9 Å². The minimum absolute atomic E-state index is 0.0343. The molecule has 0 unspecified atom stereocenters. The van der Waals surface area contributed by atoms with E-state index in [1.54, 1.807) is 0 Å². The van der Waals surface area contributed by atoms with Crippen LogP contribution in [0.4, 0.5) is 55.2 Å². The van der Waals surface area contributed by atoms with Gasteiger partial charge in [0.15, 0.2) is 11.6 Å². The van der Waals surface area contributed by atoms with E-state index in [4.69, 9.17) is 28.9 Å². The Labute approximate surface area is 180 Å². The van der Waals surface area contributed by atoms with Crippen molar-refractivity contribution < 1.29 is 26.3 Å². The second kappa shape index (κ2) is 8.27. The molecule has 0 saturated carbocycles. The number of nitrogen functional groups attached to an aromatic ring is 1. The molecule has 2 heterocycles. The highest BCUT2D eigenvalue weighted by molar-refractivity contribution is 6.33. The molecular formula is C17H10Cl2F6N6. The molecule has 2 aromatic heterocycles. The van der Waals surface area contributed by atoms with Gasteiger partial charge in [-0.3, -0.25) is 0 Å². The minimum Gasteiger partial charge on any atom is -0.393 e. The summed E-state index contributed by atoms with van der Waals surface area (Å²) < 4.78 is 77.0. The predicted octanol–water partition coefficient (Wildman–Crippen LogP) is 6.29. The zero-order valence-corrected chi connectivity index (χ0v) is 16.4. The van der Waals surface area contributed by atoms with Crippen LogP contribution < -0.4 is 16.4 Å². The molecule has 0 amide bonds. The van der Waals surface area contributed by atoms with Crippen molar-refractivity contribution in [1.82, 2.24) is 15.0 Å². The van der Waals surface area contributed by atoms with Crippen molar-refractivity contribution in [2.75, 3.05) is 16.4 Å². The molecule has 0 atom stereocenters. The third-order valence-electron chi connectivity index (χ3n) is 3.84. The van der Waals surface area contributed by atoms with E-state index in [9.17, 15) is 26.3 Å². The third kappa shape index (κ3) is 5.20. The van der Waals surface area contributed by atoms with Crippen molar-refractivity contribution in [3.05, 3.63) is 58.0 Å². The Bertz CT molecular complexity index is 1120. The number of rotatable bonds is 4. The Morgan fingerprint density at radius 3 is 1.94 bits per heavy atom. The van der Waals surface area contributed by atoms with Gasteiger partial charge in [0.2, 0.25) is 0 Å². The molecule has 164 valence electrons. The van der Waals surface area contributed by atoms with Crippen molar-refractivity contribution in [2.45, 2.75) is 12.4 Å². The first-order valence-electron chi connectivity index (χ1n) is 8.10. The number of aromatic nitrogens is 3. The molecular weight excluding hydrogens is 473 g/mol. The van der Waals surface area contributed by atoms with E-state index >= 15 is 0 Å². The number of anilines is 5. The molecule has 0 spiro atoms. The normalized spacial score (nSPS) is 12.0. The highest BCUT2D eigenvalue weighted by Gasteiger charge is 2.32. The third-order valence-corrected chi connectivity index (χ3v) is 4.45. The van der Waals surface area contributed by atoms with E-state index in [0.717, 1.165) is 24.5 Å². The van der Waals surface area contributed by atoms with Gasteiger partial charge in [-0.05, 0) is 24.3 Å². The molecule has 0 fully saturated rings. The molecule has 3 rings (SSSR count). The monoisotopic (exact) mass is 482 g/mol. The van der Waals surface area contributed by atoms with Crippen LogP contribution in [0.2, 0.25) is 10.0 Å². The largest absolute Gasteiger partial charge is 0.417 e. The van der Waals surface area contributed by atoms with Crippen LogP contribution in [0.25, 0.3) is 0 Å². The van der Waals surface area contributed by atoms with Gasteiger partial charge in [-0.15, -0.1) is 0 Å². The molecule has 0 aliphatic carbocycles. The van der Waals surface area contributed by atoms with E-state index in [-0.39, 0.29) is 38.9 Å². The summed E-state index contributed by atoms with van der Waals surface area (Å²) in [5.74, 6) is -0.389. The molecule has 31 heavy (non-hydrogen) atoms. The van der Waals surface area contributed by atoms with Crippen molar-refractivity contribution in [3.63, 3.8) is 0 Å². The maximum Gasteiger partial charge on any atom is 0.417 e. The average Bonchev–Trinajstić information content (AvgIpc) is 2.66. The Hall–Kier alpha value is -2.99. The van der Waals surface area contributed by atoms with E-state index in [0.29, 0.717) is 12.3 Å². The number of nitrogens with one attached hydrogen (secondary N) is 2. The Balaban J connectivity index is 1.90. The zero-order valence-electron chi connectivity index (χ0n) is 14.9. The molecule has 0 radical (unpaired) electrons. The van der Waals surface area contributed by atoms with Gasteiger partial charge >= 0.3 is 12.4 Å². The fourth-order valence-electron chi connectivity index (χ4n) is 2.32. The summed E-state index contributed by atoms with van der Waals surface area (Å²) in [5, 5.41) is 4.74. The van der Waals surface area contributed by atoms with Gasteiger partial charge in [0, 0.05) is 6.20 Å². The lowest BCUT2D eigenvalue weighted by Crippen LogP contribution is -2.09. The van der Waals surface area contributed by atoms with Crippen LogP contribution in [0.15, 0.2) is 36.8 Å². The molecule has 0 aliphatic heterocycles. The van der Waals surface area contributed by atoms with Gasteiger partial charge in [0.25, 0.3) is 0 Å². The summed E-state index contributed by atoms with van der Waals surface area (Å²) in [4.78, 5) is 11.3. The van der Waals surface area contributed by atoms with Crippen LogP contribution in [0.1, 0.15) is 11.1 Å². The zero-order chi connectivity index (χ0) is 23.0. The lowest BCUT2D eigenvalue weighted by Gasteiger charge is -2.15. The number of nitrogens with zero attached hydrogens (tertiary/aromatic N) is 3. The summed E-state index contributed by atoms with van der Waals surface area (Å²) in [6, 6.07) is 3.29. The van der Waals surface area contributed by atoms with Gasteiger partial charge < -0.3 is 16.4 Å². The Morgan fingerprint density at radius 2 is 1.35 bits per heavy atom. The van der Waals surface area contributed by atoms with E-state index in [1.807, 2.05) is 0 Å². The number of hydrogen-bond acceptors (Lipinski definition) is 6. The second-order valence-corrected chi connectivity index (χ2v) is 6.79. The van der Waals surface area contributed by atoms with Gasteiger partial charge in [-0.2, -0.15) is 26.3 Å². The first kappa shape index (κ1) is 22.7. The predicted molar refractivity (Wildman–Crippen MR) is 104 cm³/mol. The summed E-state index contributed by atoms with van der Waals surface area (Å²) in [6.45, 7) is 0. The number of nitrogens with two attached hydrogens (primary N) is 1. The quantitative estimate of drug-likeness (QED) is 0.379. The topological polar surface area (TPSA) is 88.8 Å². The number of halogens is 8. The summed E-state index contributed by atoms with van der Waals surface area (Å²) >= 11 is 11.8. The fraction of sp³-hybridized carbons (Fsp3) is 0.118. The van der Waals surface area contributed by atoms with Gasteiger partial charge in [-0.25, -0.2) is 15.0 Å². The molecule has 1 aromatic carbocycles. The smallest absolute Gasteiger partial charge is 0.393 e. The molecule has 14 heteroatoms. The Morgan fingerprint density at radius 1 is 0.742 bits per heavy atom. The summed E-state index contributed by atoms with van der Waals surface area (Å²) in [7, 11) is 0. The van der Waals surface area contributed by atoms with E-state index < -0.39 is 23.5 Å². The summed E-state index contributed by atoms with van der Waals surface area (Å²) in [5.41, 5.74) is 3.63. The highest BCUT2D eigenvalue weighted by Crippen LogP contribution is 2.37. The first-order valence-corrected chi connectivity index (χ1v) is 8.86. The highest BCUT2D eigenvalue weighted by atomic mass is 35.5. The maximum atomic E-state index is 12.9. The lowest BCUT2D eigenvalue weighted by atomic mass is 10.2. The second-order valence-electron chi connectivity index (χ2n) is 5.98. The average molecular weight is 483 g/mol. The number of hydrogen-bond donors (Lipinski definition) is 3. The van der Waals surface area contributed by atoms with E-state index in [1.165, 1.54) is 0 Å². The Kier molecular flexibility index (Phi) is 6.05. The lowest BCUT2D eigenvalue weighted by molar-refractivity contribution is -0.138. The standard InChI is InChI=1S/C17H10Cl2F6N6/c18-9-2-1-7(16(20,21)22)4-11(9)30-14-12(26)15(29-6-28-14)31-13-10(19)3-8(5-27-13)17(23,24)25/h1-6H,26H2,(H2,27,28,29,30,31). The van der Waals surface area contributed by atoms with E-state index in [2.05, 4.69) is 25.6 Å². The molecule has 0 bridgehead atoms. The summed E-state index contributed by atoms with van der Waals surface area (Å²) in [6.07, 6.45) is -7.66. The minimum atomic E-state index is -4.63. The van der Waals surface area contributed by atoms with Crippen LogP contribution in [-0.2, 0) is 12.4 Å². The van der Waals surface area contributed by atoms with Crippen LogP contribution in [-0.4, -0.2) is 15.0 Å². The number of benzene rings is 1. The van der Waals surface area contributed by atoms with Crippen molar-refractivity contribution >= 4 is 52.0 Å². The number of pyridine rings is 1. The molecule has 4 N–H and O–H groups in total. The maximum absolute atomic E-state index is 12.9. The van der Waals surface area contributed by atoms with Gasteiger partial charge in [-0.1, -0.05) is 23.2 Å². The van der Waals surface area contributed by atoms with Crippen LogP contribution in [0, 0.1) is 0 Å². The SMILES string of the molecule is Nc1c(Nc2cc(C(F)(F)F)ccc2Cl)ncnc1Nc1ncc(C(F)(F)F)cc1Cl. The van der Waals surface area contributed by atoms with Gasteiger partial charge in [0.1, 0.15) is 17.8 Å². The molecule has 6 nitrogen and oxygen atoms in total. The van der Waals surface area contributed by atoms with Crippen LogP contribution in [0.5, 0.6) is 0 Å². The first-order chi connectivity index (χ1) is 14.4. The van der Waals surface area contributed by atoms with Crippen molar-refractivity contribution in [3.8, 4) is 0 Å². The van der Waals surface area contributed by atoms with Crippen LogP contribution >= 0.6 is 23.2 Å². The van der Waals surface area contributed by atoms with Crippen molar-refractivity contribution in [2.24, 2.45) is 0 Å². The molecule has 0 saturated heterocycles.